The fourth-order valence-electron chi connectivity index (χ4n) is 1.21. The quantitative estimate of drug-likeness (QED) is 0.758. The largest absolute Gasteiger partial charge is 0.324 e. The molecule has 4 N–H and O–H groups in total. The zero-order valence-electron chi connectivity index (χ0n) is 8.88. The zero-order chi connectivity index (χ0) is 11.4. The summed E-state index contributed by atoms with van der Waals surface area (Å²) in [6.45, 7) is 0.258. The summed E-state index contributed by atoms with van der Waals surface area (Å²) in [4.78, 5) is 15.6. The molecule has 0 atom stereocenters. The van der Waals surface area contributed by atoms with Crippen molar-refractivity contribution >= 4 is 24.3 Å². The number of halogens is 1. The third-order valence-electron chi connectivity index (χ3n) is 1.99. The van der Waals surface area contributed by atoms with Crippen molar-refractivity contribution in [3.63, 3.8) is 0 Å². The van der Waals surface area contributed by atoms with Crippen molar-refractivity contribution in [2.75, 3.05) is 5.32 Å². The highest BCUT2D eigenvalue weighted by atomic mass is 35.5. The molecule has 0 aliphatic heterocycles. The molecule has 0 aliphatic carbocycles. The third-order valence-corrected chi connectivity index (χ3v) is 1.99. The number of amides is 1. The number of carbonyl (C=O) groups is 1. The maximum absolute atomic E-state index is 11.7. The second-order valence-electron chi connectivity index (χ2n) is 3.13. The van der Waals surface area contributed by atoms with Crippen LogP contribution >= 0.6 is 12.4 Å². The standard InChI is InChI=1S/C10H11N5O.ClH/c11-6-8-12-10(15-14-8)13-9(16)7-4-2-1-3-5-7;/h1-5H,6,11H2,(H2,12,13,14,15,16);1H. The van der Waals surface area contributed by atoms with Gasteiger partial charge < -0.3 is 5.73 Å². The van der Waals surface area contributed by atoms with Gasteiger partial charge in [-0.3, -0.25) is 15.2 Å². The molecule has 90 valence electrons. The van der Waals surface area contributed by atoms with E-state index < -0.39 is 0 Å². The number of rotatable bonds is 3. The summed E-state index contributed by atoms with van der Waals surface area (Å²) in [5.74, 6) is 0.515. The first kappa shape index (κ1) is 13.1. The molecule has 0 radical (unpaired) electrons. The summed E-state index contributed by atoms with van der Waals surface area (Å²) >= 11 is 0. The van der Waals surface area contributed by atoms with Crippen molar-refractivity contribution in [2.24, 2.45) is 5.73 Å². The van der Waals surface area contributed by atoms with Crippen molar-refractivity contribution in [2.45, 2.75) is 6.54 Å². The smallest absolute Gasteiger partial charge is 0.258 e. The number of anilines is 1. The molecule has 1 aromatic carbocycles. The molecule has 0 unspecified atom stereocenters. The molecule has 2 aromatic rings. The van der Waals surface area contributed by atoms with Crippen LogP contribution in [0.2, 0.25) is 0 Å². The lowest BCUT2D eigenvalue weighted by atomic mass is 10.2. The average molecular weight is 254 g/mol. The Bertz CT molecular complexity index is 484. The molecule has 0 saturated carbocycles. The van der Waals surface area contributed by atoms with E-state index in [1.54, 1.807) is 24.3 Å². The molecule has 7 heteroatoms. The molecule has 2 rings (SSSR count). The van der Waals surface area contributed by atoms with Crippen LogP contribution in [0.5, 0.6) is 0 Å². The van der Waals surface area contributed by atoms with Gasteiger partial charge in [0.05, 0.1) is 6.54 Å². The summed E-state index contributed by atoms with van der Waals surface area (Å²) in [5.41, 5.74) is 5.92. The fraction of sp³-hybridized carbons (Fsp3) is 0.100. The van der Waals surface area contributed by atoms with Crippen LogP contribution in [0.15, 0.2) is 30.3 Å². The van der Waals surface area contributed by atoms with Crippen molar-refractivity contribution in [3.05, 3.63) is 41.7 Å². The summed E-state index contributed by atoms with van der Waals surface area (Å²) in [5, 5.41) is 8.98. The molecule has 0 spiro atoms. The van der Waals surface area contributed by atoms with Gasteiger partial charge >= 0.3 is 0 Å². The molecule has 17 heavy (non-hydrogen) atoms. The highest BCUT2D eigenvalue weighted by Gasteiger charge is 2.08. The molecular weight excluding hydrogens is 242 g/mol. The van der Waals surface area contributed by atoms with Crippen LogP contribution in [0.1, 0.15) is 16.2 Å². The lowest BCUT2D eigenvalue weighted by Crippen LogP contribution is -2.12. The number of nitrogens with one attached hydrogen (secondary N) is 2. The fourth-order valence-corrected chi connectivity index (χ4v) is 1.21. The average Bonchev–Trinajstić information content (AvgIpc) is 2.78. The van der Waals surface area contributed by atoms with Crippen LogP contribution in [0.3, 0.4) is 0 Å². The predicted molar refractivity (Wildman–Crippen MR) is 65.9 cm³/mol. The Balaban J connectivity index is 0.00000144. The number of nitrogens with zero attached hydrogens (tertiary/aromatic N) is 2. The van der Waals surface area contributed by atoms with E-state index in [0.717, 1.165) is 0 Å². The van der Waals surface area contributed by atoms with Crippen molar-refractivity contribution in [1.29, 1.82) is 0 Å². The molecule has 0 bridgehead atoms. The van der Waals surface area contributed by atoms with Gasteiger partial charge in [-0.1, -0.05) is 18.2 Å². The van der Waals surface area contributed by atoms with Crippen LogP contribution in [0.4, 0.5) is 5.95 Å². The van der Waals surface area contributed by atoms with Crippen molar-refractivity contribution < 1.29 is 4.79 Å². The Labute approximate surface area is 104 Å². The first-order valence-corrected chi connectivity index (χ1v) is 4.77. The van der Waals surface area contributed by atoms with E-state index in [1.165, 1.54) is 0 Å². The molecule has 1 heterocycles. The summed E-state index contributed by atoms with van der Waals surface area (Å²) in [6.07, 6.45) is 0. The topological polar surface area (TPSA) is 96.7 Å². The monoisotopic (exact) mass is 253 g/mol. The van der Waals surface area contributed by atoms with E-state index in [0.29, 0.717) is 11.4 Å². The molecule has 1 amide bonds. The third kappa shape index (κ3) is 3.27. The number of benzene rings is 1. The van der Waals surface area contributed by atoms with Gasteiger partial charge in [-0.2, -0.15) is 4.98 Å². The lowest BCUT2D eigenvalue weighted by Gasteiger charge is -1.99. The molecule has 0 fully saturated rings. The normalized spacial score (nSPS) is 9.47. The number of hydrogen-bond acceptors (Lipinski definition) is 4. The number of aromatic amines is 1. The van der Waals surface area contributed by atoms with Crippen LogP contribution in [-0.2, 0) is 6.54 Å². The van der Waals surface area contributed by atoms with Gasteiger partial charge in [0.25, 0.3) is 5.91 Å². The zero-order valence-corrected chi connectivity index (χ0v) is 9.70. The highest BCUT2D eigenvalue weighted by molar-refractivity contribution is 6.03. The maximum Gasteiger partial charge on any atom is 0.258 e. The Morgan fingerprint density at radius 3 is 2.65 bits per heavy atom. The number of aromatic nitrogens is 3. The lowest BCUT2D eigenvalue weighted by molar-refractivity contribution is 0.102. The minimum absolute atomic E-state index is 0. The summed E-state index contributed by atoms with van der Waals surface area (Å²) < 4.78 is 0. The van der Waals surface area contributed by atoms with Gasteiger partial charge in [-0.25, -0.2) is 0 Å². The molecule has 0 saturated heterocycles. The van der Waals surface area contributed by atoms with Gasteiger partial charge in [-0.05, 0) is 12.1 Å². The Morgan fingerprint density at radius 1 is 1.35 bits per heavy atom. The van der Waals surface area contributed by atoms with Gasteiger partial charge in [-0.15, -0.1) is 17.5 Å². The van der Waals surface area contributed by atoms with Crippen molar-refractivity contribution in [1.82, 2.24) is 15.2 Å². The number of hydrogen-bond donors (Lipinski definition) is 3. The van der Waals surface area contributed by atoms with Gasteiger partial charge in [0.2, 0.25) is 5.95 Å². The predicted octanol–water partition coefficient (Wildman–Crippen LogP) is 0.938. The number of carbonyl (C=O) groups excluding carboxylic acids is 1. The minimum Gasteiger partial charge on any atom is -0.324 e. The minimum atomic E-state index is -0.247. The van der Waals surface area contributed by atoms with E-state index >= 15 is 0 Å². The van der Waals surface area contributed by atoms with Gasteiger partial charge in [0, 0.05) is 5.56 Å². The Kier molecular flexibility index (Phi) is 4.62. The van der Waals surface area contributed by atoms with Gasteiger partial charge in [0.15, 0.2) is 0 Å². The second kappa shape index (κ2) is 5.97. The first-order chi connectivity index (χ1) is 7.79. The summed E-state index contributed by atoms with van der Waals surface area (Å²) in [7, 11) is 0. The number of nitrogens with two attached hydrogens (primary N) is 1. The molecule has 1 aromatic heterocycles. The first-order valence-electron chi connectivity index (χ1n) is 4.77. The van der Waals surface area contributed by atoms with Gasteiger partial charge in [0.1, 0.15) is 5.82 Å². The summed E-state index contributed by atoms with van der Waals surface area (Å²) in [6, 6.07) is 8.85. The van der Waals surface area contributed by atoms with E-state index in [1.807, 2.05) is 6.07 Å². The maximum atomic E-state index is 11.7. The Morgan fingerprint density at radius 2 is 2.06 bits per heavy atom. The van der Waals surface area contributed by atoms with Crippen LogP contribution in [0.25, 0.3) is 0 Å². The SMILES string of the molecule is Cl.NCc1nc(NC(=O)c2ccccc2)n[nH]1. The van der Waals surface area contributed by atoms with E-state index in [2.05, 4.69) is 20.5 Å². The van der Waals surface area contributed by atoms with E-state index in [9.17, 15) is 4.79 Å². The van der Waals surface area contributed by atoms with Crippen LogP contribution < -0.4 is 11.1 Å². The number of H-pyrrole nitrogens is 1. The second-order valence-corrected chi connectivity index (χ2v) is 3.13. The molecule has 6 nitrogen and oxygen atoms in total. The van der Waals surface area contributed by atoms with E-state index in [4.69, 9.17) is 5.73 Å². The van der Waals surface area contributed by atoms with Crippen LogP contribution in [-0.4, -0.2) is 21.1 Å². The van der Waals surface area contributed by atoms with Crippen molar-refractivity contribution in [3.8, 4) is 0 Å². The molecule has 0 aliphatic rings. The molecular formula is C10H12ClN5O. The Hall–Kier alpha value is -1.92. The highest BCUT2D eigenvalue weighted by Crippen LogP contribution is 2.03. The van der Waals surface area contributed by atoms with E-state index in [-0.39, 0.29) is 30.8 Å². The van der Waals surface area contributed by atoms with Crippen LogP contribution in [0, 0.1) is 0 Å².